The zero-order chi connectivity index (χ0) is 40.4. The molecule has 5 aromatic carbocycles. The zero-order valence-electron chi connectivity index (χ0n) is 32.8. The van der Waals surface area contributed by atoms with Crippen LogP contribution in [-0.2, 0) is 40.0 Å². The van der Waals surface area contributed by atoms with Crippen molar-refractivity contribution >= 4 is 31.9 Å². The molecule has 0 atom stereocenters. The molecular weight excluding hydrogens is 752 g/mol. The highest BCUT2D eigenvalue weighted by Crippen LogP contribution is 2.22. The second-order valence-corrected chi connectivity index (χ2v) is 15.5. The third-order valence-electron chi connectivity index (χ3n) is 9.57. The molecule has 7 aromatic rings. The van der Waals surface area contributed by atoms with E-state index in [1.165, 1.54) is 34.9 Å². The van der Waals surface area contributed by atoms with Crippen LogP contribution in [0.25, 0.3) is 21.8 Å². The Morgan fingerprint density at radius 1 is 0.500 bits per heavy atom. The summed E-state index contributed by atoms with van der Waals surface area (Å²) in [6, 6.07) is 39.2. The highest BCUT2D eigenvalue weighted by Gasteiger charge is 2.14. The minimum absolute atomic E-state index is 0.184. The first-order valence-corrected chi connectivity index (χ1v) is 21.1. The quantitative estimate of drug-likeness (QED) is 0.0583. The lowest BCUT2D eigenvalue weighted by Crippen LogP contribution is -2.08. The van der Waals surface area contributed by atoms with Crippen LogP contribution in [0.3, 0.4) is 0 Å². The fourth-order valence-electron chi connectivity index (χ4n) is 6.26. The van der Waals surface area contributed by atoms with Crippen molar-refractivity contribution in [1.82, 2.24) is 19.9 Å². The number of alkyl halides is 1. The number of benzene rings is 5. The number of rotatable bonds is 19. The van der Waals surface area contributed by atoms with E-state index >= 15 is 0 Å². The number of hydrogen-bond donors (Lipinski definition) is 0. The summed E-state index contributed by atoms with van der Waals surface area (Å²) < 4.78 is 53.5. The number of aryl methyl sites for hydroxylation is 3. The number of hydrogen-bond acceptors (Lipinski definition) is 9. The molecule has 0 fully saturated rings. The lowest BCUT2D eigenvalue weighted by Gasteiger charge is -2.08. The molecular formula is C47H49FN4O5S. The van der Waals surface area contributed by atoms with Gasteiger partial charge in [-0.2, -0.15) is 8.42 Å². The summed E-state index contributed by atoms with van der Waals surface area (Å²) in [6.45, 7) is 2.98. The number of fused-ring (bicyclic) bond motifs is 2. The molecule has 0 spiro atoms. The van der Waals surface area contributed by atoms with Gasteiger partial charge in [-0.1, -0.05) is 90.5 Å². The van der Waals surface area contributed by atoms with Gasteiger partial charge in [-0.3, -0.25) is 8.57 Å². The number of para-hydroxylation sites is 2. The van der Waals surface area contributed by atoms with Crippen molar-refractivity contribution in [2.45, 2.75) is 63.2 Å². The molecule has 2 aromatic heterocycles. The topological polar surface area (TPSA) is 113 Å². The summed E-state index contributed by atoms with van der Waals surface area (Å²) in [7, 11) is -3.69. The molecule has 0 amide bonds. The van der Waals surface area contributed by atoms with Crippen molar-refractivity contribution in [3.8, 4) is 11.8 Å². The van der Waals surface area contributed by atoms with E-state index in [4.69, 9.17) is 13.7 Å². The van der Waals surface area contributed by atoms with Crippen LogP contribution in [0.5, 0.6) is 11.8 Å². The van der Waals surface area contributed by atoms with E-state index in [1.54, 1.807) is 24.3 Å². The van der Waals surface area contributed by atoms with Gasteiger partial charge in [0.05, 0.1) is 53.2 Å². The summed E-state index contributed by atoms with van der Waals surface area (Å²) in [5, 5.41) is 1.85. The molecule has 0 aliphatic rings. The van der Waals surface area contributed by atoms with Gasteiger partial charge in [-0.15, -0.1) is 0 Å². The van der Waals surface area contributed by atoms with Gasteiger partial charge >= 0.3 is 0 Å². The third-order valence-corrected chi connectivity index (χ3v) is 10.9. The Bertz CT molecular complexity index is 2420. The molecule has 2 heterocycles. The van der Waals surface area contributed by atoms with Gasteiger partial charge in [0, 0.05) is 12.8 Å². The van der Waals surface area contributed by atoms with E-state index in [1.807, 2.05) is 55.5 Å². The van der Waals surface area contributed by atoms with Crippen molar-refractivity contribution in [3.05, 3.63) is 162 Å². The predicted molar refractivity (Wildman–Crippen MR) is 227 cm³/mol. The van der Waals surface area contributed by atoms with E-state index < -0.39 is 10.1 Å². The van der Waals surface area contributed by atoms with Crippen LogP contribution < -0.4 is 9.47 Å². The van der Waals surface area contributed by atoms with E-state index in [0.29, 0.717) is 37.8 Å². The van der Waals surface area contributed by atoms with Crippen LogP contribution in [0.15, 0.2) is 139 Å². The number of nitrogens with zero attached hydrogens (tertiary/aromatic N) is 4. The highest BCUT2D eigenvalue weighted by molar-refractivity contribution is 7.86. The van der Waals surface area contributed by atoms with Crippen molar-refractivity contribution in [2.75, 3.05) is 26.5 Å². The minimum Gasteiger partial charge on any atom is -0.477 e. The average molecular weight is 801 g/mol. The maximum Gasteiger partial charge on any atom is 0.296 e. The van der Waals surface area contributed by atoms with Crippen molar-refractivity contribution in [2.24, 2.45) is 0 Å². The Hall–Kier alpha value is -5.78. The van der Waals surface area contributed by atoms with Crippen molar-refractivity contribution < 1.29 is 26.5 Å². The molecule has 0 aliphatic heterocycles. The molecule has 0 saturated carbocycles. The first-order valence-electron chi connectivity index (χ1n) is 19.7. The minimum atomic E-state index is -3.69. The van der Waals surface area contributed by atoms with E-state index in [9.17, 15) is 12.8 Å². The fourth-order valence-corrected chi connectivity index (χ4v) is 7.21. The lowest BCUT2D eigenvalue weighted by molar-refractivity contribution is 0.308. The summed E-state index contributed by atoms with van der Waals surface area (Å²) in [4.78, 5) is 17.2. The van der Waals surface area contributed by atoms with Crippen LogP contribution in [0.4, 0.5) is 4.39 Å². The van der Waals surface area contributed by atoms with Crippen LogP contribution in [0.2, 0.25) is 0 Å². The van der Waals surface area contributed by atoms with Gasteiger partial charge in [0.15, 0.2) is 0 Å². The van der Waals surface area contributed by atoms with Crippen LogP contribution in [-0.4, -0.2) is 54.8 Å². The van der Waals surface area contributed by atoms with Gasteiger partial charge in [0.2, 0.25) is 11.8 Å². The summed E-state index contributed by atoms with van der Waals surface area (Å²) in [5.41, 5.74) is 7.66. The number of halogens is 1. The summed E-state index contributed by atoms with van der Waals surface area (Å²) in [5.74, 6) is 1.23. The Balaban J connectivity index is 0.000000208. The normalized spacial score (nSPS) is 11.3. The Morgan fingerprint density at radius 3 is 1.43 bits per heavy atom. The first kappa shape index (κ1) is 41.8. The predicted octanol–water partition coefficient (Wildman–Crippen LogP) is 9.83. The maximum absolute atomic E-state index is 12.2. The molecule has 58 heavy (non-hydrogen) atoms. The van der Waals surface area contributed by atoms with Crippen molar-refractivity contribution in [1.29, 1.82) is 0 Å². The molecule has 7 rings (SSSR count). The van der Waals surface area contributed by atoms with E-state index in [-0.39, 0.29) is 18.2 Å². The molecule has 11 heteroatoms. The second kappa shape index (κ2) is 21.7. The summed E-state index contributed by atoms with van der Waals surface area (Å²) >= 11 is 0. The smallest absolute Gasteiger partial charge is 0.296 e. The molecule has 0 radical (unpaired) electrons. The number of aromatic nitrogens is 4. The Kier molecular flexibility index (Phi) is 15.6. The SMILES string of the molecule is Cc1ccc(S(=O)(=O)OCCCCc2ccc(CCOc3ncnc4ccccc34)cc2)cc1.FCCCCc1ccc(CCOc2ncnc3ccccc23)cc1. The van der Waals surface area contributed by atoms with Gasteiger partial charge in [-0.05, 0) is 104 Å². The van der Waals surface area contributed by atoms with E-state index in [2.05, 4.69) is 68.5 Å². The molecule has 0 bridgehead atoms. The highest BCUT2D eigenvalue weighted by atomic mass is 32.2. The molecule has 0 N–H and O–H groups in total. The molecule has 0 saturated heterocycles. The number of unbranched alkanes of at least 4 members (excludes halogenated alkanes) is 2. The molecule has 0 unspecified atom stereocenters. The summed E-state index contributed by atoms with van der Waals surface area (Å²) in [6.07, 6.45) is 9.54. The molecule has 9 nitrogen and oxygen atoms in total. The molecule has 0 aliphatic carbocycles. The lowest BCUT2D eigenvalue weighted by atomic mass is 10.1. The average Bonchev–Trinajstić information content (AvgIpc) is 3.25. The maximum atomic E-state index is 12.2. The Morgan fingerprint density at radius 2 is 0.948 bits per heavy atom. The largest absolute Gasteiger partial charge is 0.477 e. The van der Waals surface area contributed by atoms with Crippen LogP contribution >= 0.6 is 0 Å². The standard InChI is InChI=1S/C27H28N2O4S.C20H21FN2O/c1-21-9-15-24(16-10-21)34(30,31)33-18-5-4-6-22-11-13-23(14-12-22)17-19-32-27-25-7-2-3-8-26(25)28-20-29-27;21-13-4-3-5-16-8-10-17(11-9-16)12-14-24-20-18-6-1-2-7-19(18)22-15-23-20/h2-3,7-16,20H,4-6,17-19H2,1H3;1-2,6-11,15H,3-5,12-14H2. The number of ether oxygens (including phenoxy) is 2. The monoisotopic (exact) mass is 800 g/mol. The van der Waals surface area contributed by atoms with Gasteiger partial charge in [0.25, 0.3) is 10.1 Å². The van der Waals surface area contributed by atoms with Gasteiger partial charge < -0.3 is 9.47 Å². The van der Waals surface area contributed by atoms with Gasteiger partial charge in [0.1, 0.15) is 12.7 Å². The zero-order valence-corrected chi connectivity index (χ0v) is 33.6. The van der Waals surface area contributed by atoms with Crippen LogP contribution in [0, 0.1) is 6.92 Å². The van der Waals surface area contributed by atoms with Crippen LogP contribution in [0.1, 0.15) is 53.5 Å². The fraction of sp³-hybridized carbons (Fsp3) is 0.277. The molecule has 300 valence electrons. The van der Waals surface area contributed by atoms with Gasteiger partial charge in [-0.25, -0.2) is 19.9 Å². The van der Waals surface area contributed by atoms with E-state index in [0.717, 1.165) is 65.9 Å². The Labute approximate surface area is 340 Å². The first-order chi connectivity index (χ1) is 28.4. The van der Waals surface area contributed by atoms with Crippen molar-refractivity contribution in [3.63, 3.8) is 0 Å². The second-order valence-electron chi connectivity index (χ2n) is 13.9. The third kappa shape index (κ3) is 12.6.